The molecule has 1 heterocycles. The fraction of sp³-hybridized carbons (Fsp3) is 0.154. The van der Waals surface area contributed by atoms with Gasteiger partial charge in [0, 0.05) is 0 Å². The largest absolute Gasteiger partial charge is 0.494 e. The molecule has 1 N–H and O–H groups in total. The molecule has 0 atom stereocenters. The second-order valence-electron chi connectivity index (χ2n) is 3.78. The van der Waals surface area contributed by atoms with E-state index in [1.165, 1.54) is 0 Å². The summed E-state index contributed by atoms with van der Waals surface area (Å²) in [6.45, 7) is 6.11. The number of nitrogens with one attached hydrogen (secondary N) is 1. The Balaban J connectivity index is 2.09. The predicted molar refractivity (Wildman–Crippen MR) is 75.2 cm³/mol. The highest BCUT2D eigenvalue weighted by Crippen LogP contribution is 2.11. The molecule has 2 amide bonds. The highest BCUT2D eigenvalue weighted by Gasteiger charge is 2.13. The smallest absolute Gasteiger partial charge is 0.365 e. The van der Waals surface area contributed by atoms with Crippen LogP contribution in [0.5, 0.6) is 5.75 Å². The summed E-state index contributed by atoms with van der Waals surface area (Å²) in [5.74, 6) is 0.940. The quantitative estimate of drug-likeness (QED) is 0.673. The van der Waals surface area contributed by atoms with Crippen LogP contribution in [-0.2, 0) is 0 Å². The van der Waals surface area contributed by atoms with E-state index in [0.29, 0.717) is 6.61 Å². The number of hydrogen-bond acceptors (Lipinski definition) is 5. The maximum absolute atomic E-state index is 11.0. The van der Waals surface area contributed by atoms with E-state index < -0.39 is 6.03 Å². The van der Waals surface area contributed by atoms with Gasteiger partial charge in [-0.25, -0.2) is 4.79 Å². The Morgan fingerprint density at radius 2 is 2.30 bits per heavy atom. The minimum atomic E-state index is -0.593. The number of nitrogens with zero attached hydrogens (tertiary/aromatic N) is 4. The molecule has 0 bridgehead atoms. The summed E-state index contributed by atoms with van der Waals surface area (Å²) in [6, 6.07) is 6.82. The first kappa shape index (κ1) is 13.6. The van der Waals surface area contributed by atoms with E-state index in [2.05, 4.69) is 32.3 Å². The van der Waals surface area contributed by atoms with E-state index in [1.807, 2.05) is 31.2 Å². The second kappa shape index (κ2) is 6.37. The summed E-state index contributed by atoms with van der Waals surface area (Å²) < 4.78 is 5.38. The van der Waals surface area contributed by atoms with Crippen LogP contribution in [0, 0.1) is 0 Å². The van der Waals surface area contributed by atoms with E-state index in [1.54, 1.807) is 6.21 Å². The summed E-state index contributed by atoms with van der Waals surface area (Å²) in [6.07, 6.45) is 1.54. The van der Waals surface area contributed by atoms with Crippen LogP contribution in [0.15, 0.2) is 57.0 Å². The van der Waals surface area contributed by atoms with E-state index >= 15 is 0 Å². The van der Waals surface area contributed by atoms with Crippen molar-refractivity contribution in [3.63, 3.8) is 0 Å². The molecule has 1 aliphatic rings. The fourth-order valence-electron chi connectivity index (χ4n) is 1.44. The van der Waals surface area contributed by atoms with Gasteiger partial charge in [-0.05, 0) is 24.6 Å². The summed E-state index contributed by atoms with van der Waals surface area (Å²) in [5.41, 5.74) is 1.08. The highest BCUT2D eigenvalue weighted by molar-refractivity contribution is 6.08. The van der Waals surface area contributed by atoms with E-state index in [4.69, 9.17) is 4.74 Å². The number of ether oxygens (including phenoxy) is 1. The van der Waals surface area contributed by atoms with Crippen LogP contribution in [0.25, 0.3) is 0 Å². The molecule has 7 heteroatoms. The van der Waals surface area contributed by atoms with Crippen molar-refractivity contribution in [2.24, 2.45) is 20.4 Å². The van der Waals surface area contributed by atoms with Crippen molar-refractivity contribution in [3.05, 3.63) is 42.1 Å². The molecule has 0 radical (unpaired) electrons. The number of rotatable bonds is 4. The standard InChI is InChI=1S/C13H13N5O2/c1-3-20-11-6-4-5-10(7-11)8-14-17-12-9(2)16-18-13(19)15-12/h4-8H,2-3H2,1H3,(H,15,17,19)/b14-8+. The van der Waals surface area contributed by atoms with Crippen molar-refractivity contribution in [2.45, 2.75) is 6.92 Å². The third-order valence-electron chi connectivity index (χ3n) is 2.29. The molecule has 1 aliphatic heterocycles. The van der Waals surface area contributed by atoms with Crippen LogP contribution >= 0.6 is 0 Å². The minimum Gasteiger partial charge on any atom is -0.494 e. The zero-order valence-electron chi connectivity index (χ0n) is 10.9. The van der Waals surface area contributed by atoms with Gasteiger partial charge in [0.2, 0.25) is 0 Å². The third kappa shape index (κ3) is 3.58. The summed E-state index contributed by atoms with van der Waals surface area (Å²) in [5, 5.41) is 17.0. The number of urea groups is 1. The fourth-order valence-corrected chi connectivity index (χ4v) is 1.44. The predicted octanol–water partition coefficient (Wildman–Crippen LogP) is 2.51. The van der Waals surface area contributed by atoms with Gasteiger partial charge in [-0.3, -0.25) is 5.32 Å². The molecule has 0 fully saturated rings. The average Bonchev–Trinajstić information content (AvgIpc) is 2.43. The van der Waals surface area contributed by atoms with Crippen molar-refractivity contribution < 1.29 is 9.53 Å². The van der Waals surface area contributed by atoms with E-state index in [0.717, 1.165) is 11.3 Å². The van der Waals surface area contributed by atoms with Crippen molar-refractivity contribution in [2.75, 3.05) is 6.61 Å². The normalized spacial score (nSPS) is 16.8. The minimum absolute atomic E-state index is 0.183. The SMILES string of the molecule is C=C1N=NC(=O)N/C1=N/N=C/c1cccc(OCC)c1. The van der Waals surface area contributed by atoms with Gasteiger partial charge in [0.1, 0.15) is 11.4 Å². The summed E-state index contributed by atoms with van der Waals surface area (Å²) in [7, 11) is 0. The van der Waals surface area contributed by atoms with Crippen molar-refractivity contribution in [3.8, 4) is 5.75 Å². The first-order valence-corrected chi connectivity index (χ1v) is 5.95. The van der Waals surface area contributed by atoms with Crippen molar-refractivity contribution in [1.29, 1.82) is 0 Å². The van der Waals surface area contributed by atoms with E-state index in [-0.39, 0.29) is 11.5 Å². The summed E-state index contributed by atoms with van der Waals surface area (Å²) >= 11 is 0. The maximum atomic E-state index is 11.0. The Morgan fingerprint density at radius 3 is 3.10 bits per heavy atom. The Hall–Kier alpha value is -2.83. The zero-order valence-corrected chi connectivity index (χ0v) is 10.9. The van der Waals surface area contributed by atoms with Crippen molar-refractivity contribution in [1.82, 2.24) is 5.32 Å². The number of benzene rings is 1. The molecule has 102 valence electrons. The summed E-state index contributed by atoms with van der Waals surface area (Å²) in [4.78, 5) is 11.0. The van der Waals surface area contributed by atoms with E-state index in [9.17, 15) is 4.79 Å². The third-order valence-corrected chi connectivity index (χ3v) is 2.29. The molecule has 20 heavy (non-hydrogen) atoms. The Morgan fingerprint density at radius 1 is 1.45 bits per heavy atom. The van der Waals surface area contributed by atoms with Crippen LogP contribution in [0.2, 0.25) is 0 Å². The van der Waals surface area contributed by atoms with Gasteiger partial charge < -0.3 is 4.74 Å². The molecule has 0 saturated heterocycles. The van der Waals surface area contributed by atoms with Crippen LogP contribution in [0.1, 0.15) is 12.5 Å². The lowest BCUT2D eigenvalue weighted by atomic mass is 10.2. The second-order valence-corrected chi connectivity index (χ2v) is 3.78. The van der Waals surface area contributed by atoms with Gasteiger partial charge in [0.25, 0.3) is 0 Å². The molecule has 0 aromatic heterocycles. The molecule has 0 spiro atoms. The monoisotopic (exact) mass is 271 g/mol. The van der Waals surface area contributed by atoms with Gasteiger partial charge >= 0.3 is 6.03 Å². The number of amides is 2. The van der Waals surface area contributed by atoms with Gasteiger partial charge in [-0.2, -0.15) is 5.10 Å². The first-order chi connectivity index (χ1) is 9.69. The lowest BCUT2D eigenvalue weighted by Crippen LogP contribution is -2.31. The number of azo groups is 1. The Bertz CT molecular complexity index is 619. The van der Waals surface area contributed by atoms with Crippen LogP contribution in [0.3, 0.4) is 0 Å². The van der Waals surface area contributed by atoms with Gasteiger partial charge in [-0.15, -0.1) is 10.2 Å². The number of carbonyl (C=O) groups is 1. The molecule has 0 aliphatic carbocycles. The first-order valence-electron chi connectivity index (χ1n) is 5.95. The molecule has 0 unspecified atom stereocenters. The van der Waals surface area contributed by atoms with Crippen molar-refractivity contribution >= 4 is 18.1 Å². The maximum Gasteiger partial charge on any atom is 0.365 e. The van der Waals surface area contributed by atoms with Crippen LogP contribution < -0.4 is 10.1 Å². The number of carbonyl (C=O) groups excluding carboxylic acids is 1. The van der Waals surface area contributed by atoms with Gasteiger partial charge in [0.15, 0.2) is 5.84 Å². The topological polar surface area (TPSA) is 87.8 Å². The highest BCUT2D eigenvalue weighted by atomic mass is 16.5. The molecule has 0 saturated carbocycles. The Kier molecular flexibility index (Phi) is 4.33. The van der Waals surface area contributed by atoms with Crippen LogP contribution in [0.4, 0.5) is 4.79 Å². The lowest BCUT2D eigenvalue weighted by Gasteiger charge is -2.06. The molecule has 1 aromatic carbocycles. The van der Waals surface area contributed by atoms with Gasteiger partial charge in [0.05, 0.1) is 12.8 Å². The number of amidine groups is 1. The van der Waals surface area contributed by atoms with Crippen LogP contribution in [-0.4, -0.2) is 24.7 Å². The molecule has 2 rings (SSSR count). The molecular formula is C13H13N5O2. The molecular weight excluding hydrogens is 258 g/mol. The zero-order chi connectivity index (χ0) is 14.4. The van der Waals surface area contributed by atoms with Gasteiger partial charge in [-0.1, -0.05) is 23.8 Å². The Labute approximate surface area is 115 Å². The molecule has 7 nitrogen and oxygen atoms in total. The lowest BCUT2D eigenvalue weighted by molar-refractivity contribution is 0.251. The molecule has 1 aromatic rings. The average molecular weight is 271 g/mol. The number of hydrogen-bond donors (Lipinski definition) is 1.